The molecule has 0 saturated carbocycles. The minimum atomic E-state index is -4.76. The summed E-state index contributed by atoms with van der Waals surface area (Å²) in [5.41, 5.74) is 5.92. The van der Waals surface area contributed by atoms with Crippen LogP contribution in [0.15, 0.2) is 4.42 Å². The van der Waals surface area contributed by atoms with Crippen LogP contribution in [0.5, 0.6) is 0 Å². The Hall–Kier alpha value is -1.80. The molecule has 1 aromatic heterocycles. The second kappa shape index (κ2) is 7.55. The number of aromatic nitrogens is 2. The fourth-order valence-corrected chi connectivity index (χ4v) is 4.41. The number of hydrogen-bond donors (Lipinski definition) is 2. The minimum Gasteiger partial charge on any atom is -0.423 e. The van der Waals surface area contributed by atoms with Crippen LogP contribution in [0.4, 0.5) is 4.79 Å². The van der Waals surface area contributed by atoms with Gasteiger partial charge in [-0.15, -0.1) is 14.5 Å². The van der Waals surface area contributed by atoms with Crippen LogP contribution in [0.1, 0.15) is 43.5 Å². The molecule has 4 heterocycles. The third-order valence-electron chi connectivity index (χ3n) is 5.54. The van der Waals surface area contributed by atoms with E-state index in [-0.39, 0.29) is 12.6 Å². The molecule has 2 atom stereocenters. The van der Waals surface area contributed by atoms with Gasteiger partial charge in [0.25, 0.3) is 0 Å². The summed E-state index contributed by atoms with van der Waals surface area (Å²) >= 11 is 0. The number of fused-ring (bicyclic) bond motifs is 2. The van der Waals surface area contributed by atoms with Crippen LogP contribution in [0.25, 0.3) is 0 Å². The first-order valence-electron chi connectivity index (χ1n) is 9.37. The second-order valence-corrected chi connectivity index (χ2v) is 8.48. The highest BCUT2D eigenvalue weighted by molar-refractivity contribution is 7.80. The summed E-state index contributed by atoms with van der Waals surface area (Å²) in [4.78, 5) is 16.2. The zero-order chi connectivity index (χ0) is 19.9. The predicted octanol–water partition coefficient (Wildman–Crippen LogP) is -0.289. The van der Waals surface area contributed by atoms with Gasteiger partial charge in [-0.05, 0) is 38.8 Å². The number of carbonyl (C=O) groups excluding carboxylic acids is 1. The van der Waals surface area contributed by atoms with E-state index >= 15 is 0 Å². The summed E-state index contributed by atoms with van der Waals surface area (Å²) in [6.07, 6.45) is 3.61. The Kier molecular flexibility index (Phi) is 5.26. The van der Waals surface area contributed by atoms with Gasteiger partial charge in [-0.3, -0.25) is 4.55 Å². The van der Waals surface area contributed by atoms with Gasteiger partial charge in [0.2, 0.25) is 11.8 Å². The van der Waals surface area contributed by atoms with Crippen molar-refractivity contribution in [3.8, 4) is 0 Å². The molecule has 0 aliphatic carbocycles. The van der Waals surface area contributed by atoms with E-state index in [1.807, 2.05) is 0 Å². The molecular weight excluding hydrogens is 392 g/mol. The van der Waals surface area contributed by atoms with Crippen molar-refractivity contribution in [3.05, 3.63) is 11.8 Å². The SMILES string of the molecule is NC1CCN(CCc2nnc([C@@H]3CC[C@H]4CN3C(=O)N4OS(=O)(=O)O)o2)CC1. The third kappa shape index (κ3) is 4.12. The number of hydroxylamine groups is 2. The Labute approximate surface area is 162 Å². The molecule has 0 unspecified atom stereocenters. The van der Waals surface area contributed by atoms with Crippen molar-refractivity contribution in [2.75, 3.05) is 26.2 Å². The molecule has 3 fully saturated rings. The van der Waals surface area contributed by atoms with Crippen LogP contribution in [0.3, 0.4) is 0 Å². The van der Waals surface area contributed by atoms with Gasteiger partial charge >= 0.3 is 16.4 Å². The number of likely N-dealkylation sites (tertiary alicyclic amines) is 1. The minimum absolute atomic E-state index is 0.269. The Morgan fingerprint density at radius 2 is 1.96 bits per heavy atom. The van der Waals surface area contributed by atoms with Crippen molar-refractivity contribution in [2.24, 2.45) is 5.73 Å². The average Bonchev–Trinajstić information content (AvgIpc) is 3.20. The number of carbonyl (C=O) groups is 1. The van der Waals surface area contributed by atoms with E-state index in [9.17, 15) is 13.2 Å². The molecule has 3 saturated heterocycles. The lowest BCUT2D eigenvalue weighted by Crippen LogP contribution is -2.40. The molecular formula is C15H24N6O6S. The van der Waals surface area contributed by atoms with Crippen molar-refractivity contribution < 1.29 is 26.5 Å². The number of nitrogens with zero attached hydrogens (tertiary/aromatic N) is 5. The van der Waals surface area contributed by atoms with Crippen LogP contribution in [-0.2, 0) is 21.1 Å². The third-order valence-corrected chi connectivity index (χ3v) is 5.89. The van der Waals surface area contributed by atoms with Crippen LogP contribution in [0.2, 0.25) is 0 Å². The summed E-state index contributed by atoms with van der Waals surface area (Å²) in [7, 11) is -4.76. The van der Waals surface area contributed by atoms with E-state index < -0.39 is 28.5 Å². The second-order valence-electron chi connectivity index (χ2n) is 7.47. The molecule has 28 heavy (non-hydrogen) atoms. The summed E-state index contributed by atoms with van der Waals surface area (Å²) < 4.78 is 41.0. The highest BCUT2D eigenvalue weighted by Gasteiger charge is 2.49. The molecule has 13 heteroatoms. The van der Waals surface area contributed by atoms with Crippen molar-refractivity contribution in [1.29, 1.82) is 0 Å². The van der Waals surface area contributed by atoms with Gasteiger partial charge in [0, 0.05) is 25.6 Å². The molecule has 12 nitrogen and oxygen atoms in total. The predicted molar refractivity (Wildman–Crippen MR) is 94.0 cm³/mol. The fourth-order valence-electron chi connectivity index (χ4n) is 4.02. The Balaban J connectivity index is 1.37. The van der Waals surface area contributed by atoms with Crippen molar-refractivity contribution in [3.63, 3.8) is 0 Å². The van der Waals surface area contributed by atoms with E-state index in [1.54, 1.807) is 0 Å². The summed E-state index contributed by atoms with van der Waals surface area (Å²) in [6.45, 7) is 2.99. The Morgan fingerprint density at radius 3 is 2.68 bits per heavy atom. The van der Waals surface area contributed by atoms with Gasteiger partial charge in [0.15, 0.2) is 0 Å². The average molecular weight is 416 g/mol. The lowest BCUT2D eigenvalue weighted by Gasteiger charge is -2.29. The monoisotopic (exact) mass is 416 g/mol. The Bertz CT molecular complexity index is 823. The van der Waals surface area contributed by atoms with E-state index in [0.717, 1.165) is 32.5 Å². The number of rotatable bonds is 6. The maximum Gasteiger partial charge on any atom is 0.418 e. The van der Waals surface area contributed by atoms with Crippen LogP contribution in [0, 0.1) is 0 Å². The van der Waals surface area contributed by atoms with Crippen LogP contribution in [-0.4, -0.2) is 82.3 Å². The summed E-state index contributed by atoms with van der Waals surface area (Å²) in [5.74, 6) is 0.834. The molecule has 0 radical (unpaired) electrons. The molecule has 2 amide bonds. The highest BCUT2D eigenvalue weighted by Crippen LogP contribution is 2.38. The van der Waals surface area contributed by atoms with Crippen molar-refractivity contribution in [2.45, 2.75) is 50.2 Å². The Morgan fingerprint density at radius 1 is 1.21 bits per heavy atom. The van der Waals surface area contributed by atoms with E-state index in [0.29, 0.717) is 36.1 Å². The highest BCUT2D eigenvalue weighted by atomic mass is 32.3. The summed E-state index contributed by atoms with van der Waals surface area (Å²) in [5, 5.41) is 8.88. The first-order valence-corrected chi connectivity index (χ1v) is 10.7. The molecule has 3 N–H and O–H groups in total. The largest absolute Gasteiger partial charge is 0.423 e. The maximum absolute atomic E-state index is 12.5. The summed E-state index contributed by atoms with van der Waals surface area (Å²) in [6, 6.07) is -1.25. The molecule has 2 bridgehead atoms. The smallest absolute Gasteiger partial charge is 0.418 e. The molecule has 4 rings (SSSR count). The van der Waals surface area contributed by atoms with E-state index in [2.05, 4.69) is 19.4 Å². The molecule has 1 aromatic rings. The zero-order valence-electron chi connectivity index (χ0n) is 15.3. The molecule has 0 aromatic carbocycles. The fraction of sp³-hybridized carbons (Fsp3) is 0.800. The van der Waals surface area contributed by atoms with Gasteiger partial charge in [0.05, 0.1) is 6.04 Å². The van der Waals surface area contributed by atoms with Crippen LogP contribution >= 0.6 is 0 Å². The molecule has 3 aliphatic rings. The molecule has 0 spiro atoms. The molecule has 3 aliphatic heterocycles. The standard InChI is InChI=1S/C15H24N6O6S/c16-10-3-6-19(7-4-10)8-5-13-17-18-14(26-13)12-2-1-11-9-20(12)15(22)21(11)27-28(23,24)25/h10-12H,1-9,16H2,(H,23,24,25)/t11-,12-/m0/s1. The van der Waals surface area contributed by atoms with Gasteiger partial charge in [-0.1, -0.05) is 0 Å². The van der Waals surface area contributed by atoms with Gasteiger partial charge in [-0.25, -0.2) is 4.79 Å². The van der Waals surface area contributed by atoms with Crippen LogP contribution < -0.4 is 5.73 Å². The van der Waals surface area contributed by atoms with Crippen molar-refractivity contribution >= 4 is 16.4 Å². The maximum atomic E-state index is 12.5. The number of nitrogens with two attached hydrogens (primary N) is 1. The topological polar surface area (TPSA) is 155 Å². The van der Waals surface area contributed by atoms with Gasteiger partial charge < -0.3 is 20.0 Å². The normalized spacial score (nSPS) is 27.0. The number of urea groups is 1. The van der Waals surface area contributed by atoms with Gasteiger partial charge in [-0.2, -0.15) is 13.5 Å². The van der Waals surface area contributed by atoms with Gasteiger partial charge in [0.1, 0.15) is 6.04 Å². The van der Waals surface area contributed by atoms with Crippen molar-refractivity contribution in [1.82, 2.24) is 25.1 Å². The lowest BCUT2D eigenvalue weighted by atomic mass is 10.0. The number of piperidine rings is 2. The van der Waals surface area contributed by atoms with E-state index in [1.165, 1.54) is 4.90 Å². The first-order chi connectivity index (χ1) is 13.3. The lowest BCUT2D eigenvalue weighted by molar-refractivity contribution is -0.0317. The first kappa shape index (κ1) is 19.5. The van der Waals surface area contributed by atoms with E-state index in [4.69, 9.17) is 14.7 Å². The molecule has 156 valence electrons. The number of amides is 2. The zero-order valence-corrected chi connectivity index (χ0v) is 16.1. The number of hydrogen-bond acceptors (Lipinski definition) is 9. The quantitative estimate of drug-likeness (QED) is 0.591.